The number of nitrogens with zero attached hydrogens (tertiary/aromatic N) is 2. The van der Waals surface area contributed by atoms with Gasteiger partial charge in [-0.3, -0.25) is 9.80 Å². The van der Waals surface area contributed by atoms with Crippen LogP contribution in [0.3, 0.4) is 0 Å². The molecule has 0 aromatic heterocycles. The van der Waals surface area contributed by atoms with Crippen LogP contribution in [0.2, 0.25) is 0 Å². The van der Waals surface area contributed by atoms with Crippen molar-refractivity contribution in [2.75, 3.05) is 20.1 Å². The summed E-state index contributed by atoms with van der Waals surface area (Å²) in [6.45, 7) is 9.28. The average Bonchev–Trinajstić information content (AvgIpc) is 2.41. The van der Waals surface area contributed by atoms with E-state index in [2.05, 4.69) is 37.6 Å². The minimum atomic E-state index is 0.694. The smallest absolute Gasteiger partial charge is 0.0620 e. The van der Waals surface area contributed by atoms with Gasteiger partial charge in [-0.2, -0.15) is 0 Å². The Hall–Kier alpha value is -0.0800. The molecule has 0 N–H and O–H groups in total. The molecule has 0 bridgehead atoms. The van der Waals surface area contributed by atoms with Crippen LogP contribution in [0.1, 0.15) is 33.6 Å². The van der Waals surface area contributed by atoms with E-state index in [9.17, 15) is 0 Å². The minimum absolute atomic E-state index is 0.694. The van der Waals surface area contributed by atoms with Crippen molar-refractivity contribution in [1.29, 1.82) is 0 Å². The summed E-state index contributed by atoms with van der Waals surface area (Å²) < 4.78 is 0. The summed E-state index contributed by atoms with van der Waals surface area (Å²) in [5.74, 6) is 0. The third-order valence-corrected chi connectivity index (χ3v) is 3.16. The van der Waals surface area contributed by atoms with E-state index in [1.165, 1.54) is 25.9 Å². The lowest BCUT2D eigenvalue weighted by molar-refractivity contribution is 0.147. The van der Waals surface area contributed by atoms with E-state index in [0.717, 1.165) is 6.04 Å². The average molecular weight is 170 g/mol. The fourth-order valence-electron chi connectivity index (χ4n) is 2.33. The molecule has 0 aromatic carbocycles. The van der Waals surface area contributed by atoms with Crippen LogP contribution in [-0.4, -0.2) is 42.1 Å². The number of likely N-dealkylation sites (N-methyl/N-ethyl adjacent to an activating group) is 2. The van der Waals surface area contributed by atoms with E-state index in [4.69, 9.17) is 0 Å². The molecular weight excluding hydrogens is 148 g/mol. The van der Waals surface area contributed by atoms with Crippen LogP contribution in [0.5, 0.6) is 0 Å². The molecule has 1 heterocycles. The lowest BCUT2D eigenvalue weighted by atomic mass is 10.2. The zero-order chi connectivity index (χ0) is 9.14. The van der Waals surface area contributed by atoms with Crippen LogP contribution in [0.4, 0.5) is 0 Å². The maximum Gasteiger partial charge on any atom is 0.0620 e. The highest BCUT2D eigenvalue weighted by atomic mass is 15.4. The summed E-state index contributed by atoms with van der Waals surface area (Å²) in [5.41, 5.74) is 0. The Kier molecular flexibility index (Phi) is 3.53. The third kappa shape index (κ3) is 1.64. The molecule has 1 aliphatic rings. The monoisotopic (exact) mass is 170 g/mol. The van der Waals surface area contributed by atoms with Crippen molar-refractivity contribution >= 4 is 0 Å². The van der Waals surface area contributed by atoms with Gasteiger partial charge in [0.05, 0.1) is 6.17 Å². The Morgan fingerprint density at radius 2 is 1.83 bits per heavy atom. The molecule has 2 nitrogen and oxygen atoms in total. The molecule has 2 atom stereocenters. The van der Waals surface area contributed by atoms with E-state index in [0.29, 0.717) is 6.17 Å². The maximum atomic E-state index is 2.58. The second kappa shape index (κ2) is 4.24. The van der Waals surface area contributed by atoms with Crippen LogP contribution in [0.25, 0.3) is 0 Å². The first-order valence-electron chi connectivity index (χ1n) is 5.20. The molecular formula is C10H22N2. The maximum absolute atomic E-state index is 2.58. The number of rotatable bonds is 3. The Balaban J connectivity index is 2.58. The Morgan fingerprint density at radius 1 is 1.17 bits per heavy atom. The molecule has 1 aliphatic heterocycles. The molecule has 2 unspecified atom stereocenters. The van der Waals surface area contributed by atoms with Gasteiger partial charge in [-0.15, -0.1) is 0 Å². The molecule has 0 spiro atoms. The molecule has 1 fully saturated rings. The van der Waals surface area contributed by atoms with Crippen molar-refractivity contribution in [3.8, 4) is 0 Å². The highest BCUT2D eigenvalue weighted by molar-refractivity contribution is 4.85. The lowest BCUT2D eigenvalue weighted by Gasteiger charge is -2.26. The molecule has 1 saturated heterocycles. The molecule has 0 amide bonds. The predicted octanol–water partition coefficient (Wildman–Crippen LogP) is 1.77. The van der Waals surface area contributed by atoms with Crippen molar-refractivity contribution in [3.63, 3.8) is 0 Å². The Labute approximate surface area is 76.5 Å². The SMILES string of the molecule is CCC1CN(CC)C(CC)N1C. The second-order valence-electron chi connectivity index (χ2n) is 3.70. The largest absolute Gasteiger partial charge is 0.287 e. The van der Waals surface area contributed by atoms with E-state index >= 15 is 0 Å². The van der Waals surface area contributed by atoms with Crippen LogP contribution >= 0.6 is 0 Å². The summed E-state index contributed by atoms with van der Waals surface area (Å²) in [6.07, 6.45) is 3.23. The van der Waals surface area contributed by atoms with Crippen molar-refractivity contribution in [1.82, 2.24) is 9.80 Å². The summed E-state index contributed by atoms with van der Waals surface area (Å²) in [5, 5.41) is 0. The fourth-order valence-corrected chi connectivity index (χ4v) is 2.33. The Bertz CT molecular complexity index is 134. The van der Waals surface area contributed by atoms with Gasteiger partial charge < -0.3 is 0 Å². The zero-order valence-corrected chi connectivity index (χ0v) is 8.88. The fraction of sp³-hybridized carbons (Fsp3) is 1.00. The van der Waals surface area contributed by atoms with Crippen LogP contribution in [-0.2, 0) is 0 Å². The molecule has 12 heavy (non-hydrogen) atoms. The first kappa shape index (κ1) is 10.0. The third-order valence-electron chi connectivity index (χ3n) is 3.16. The Morgan fingerprint density at radius 3 is 2.17 bits per heavy atom. The van der Waals surface area contributed by atoms with E-state index < -0.39 is 0 Å². The second-order valence-corrected chi connectivity index (χ2v) is 3.70. The van der Waals surface area contributed by atoms with Crippen molar-refractivity contribution in [2.24, 2.45) is 0 Å². The lowest BCUT2D eigenvalue weighted by Crippen LogP contribution is -2.37. The quantitative estimate of drug-likeness (QED) is 0.637. The topological polar surface area (TPSA) is 6.48 Å². The molecule has 2 heteroatoms. The molecule has 72 valence electrons. The molecule has 0 radical (unpaired) electrons. The molecule has 1 rings (SSSR count). The van der Waals surface area contributed by atoms with Gasteiger partial charge in [0.2, 0.25) is 0 Å². The van der Waals surface area contributed by atoms with E-state index in [1.807, 2.05) is 0 Å². The van der Waals surface area contributed by atoms with Gasteiger partial charge >= 0.3 is 0 Å². The van der Waals surface area contributed by atoms with Crippen molar-refractivity contribution in [3.05, 3.63) is 0 Å². The predicted molar refractivity (Wildman–Crippen MR) is 53.2 cm³/mol. The zero-order valence-electron chi connectivity index (χ0n) is 8.88. The van der Waals surface area contributed by atoms with Gasteiger partial charge in [0.15, 0.2) is 0 Å². The molecule has 0 aliphatic carbocycles. The van der Waals surface area contributed by atoms with Gasteiger partial charge in [-0.1, -0.05) is 20.8 Å². The van der Waals surface area contributed by atoms with E-state index in [1.54, 1.807) is 0 Å². The van der Waals surface area contributed by atoms with E-state index in [-0.39, 0.29) is 0 Å². The molecule has 0 aromatic rings. The highest BCUT2D eigenvalue weighted by Crippen LogP contribution is 2.22. The summed E-state index contributed by atoms with van der Waals surface area (Å²) in [4.78, 5) is 5.11. The summed E-state index contributed by atoms with van der Waals surface area (Å²) in [6, 6.07) is 0.787. The summed E-state index contributed by atoms with van der Waals surface area (Å²) in [7, 11) is 2.26. The van der Waals surface area contributed by atoms with Gasteiger partial charge in [0, 0.05) is 12.6 Å². The van der Waals surface area contributed by atoms with Gasteiger partial charge in [0.1, 0.15) is 0 Å². The van der Waals surface area contributed by atoms with Crippen LogP contribution in [0.15, 0.2) is 0 Å². The normalized spacial score (nSPS) is 33.0. The van der Waals surface area contributed by atoms with Gasteiger partial charge in [-0.25, -0.2) is 0 Å². The van der Waals surface area contributed by atoms with Crippen LogP contribution < -0.4 is 0 Å². The minimum Gasteiger partial charge on any atom is -0.287 e. The first-order chi connectivity index (χ1) is 5.74. The standard InChI is InChI=1S/C10H22N2/c1-5-9-8-12(7-3)10(6-2)11(9)4/h9-10H,5-8H2,1-4H3. The van der Waals surface area contributed by atoms with Gasteiger partial charge in [-0.05, 0) is 26.4 Å². The number of hydrogen-bond donors (Lipinski definition) is 0. The van der Waals surface area contributed by atoms with Crippen molar-refractivity contribution in [2.45, 2.75) is 45.8 Å². The van der Waals surface area contributed by atoms with Crippen molar-refractivity contribution < 1.29 is 0 Å². The highest BCUT2D eigenvalue weighted by Gasteiger charge is 2.33. The van der Waals surface area contributed by atoms with Crippen LogP contribution in [0, 0.1) is 0 Å². The molecule has 0 saturated carbocycles. The van der Waals surface area contributed by atoms with Gasteiger partial charge in [0.25, 0.3) is 0 Å². The number of hydrogen-bond acceptors (Lipinski definition) is 2. The summed E-state index contributed by atoms with van der Waals surface area (Å²) >= 11 is 0. The first-order valence-corrected chi connectivity index (χ1v) is 5.20.